The normalized spacial score (nSPS) is 10.2. The number of nitrogens with zero attached hydrogens (tertiary/aromatic N) is 1. The number of ether oxygens (including phenoxy) is 2. The standard InChI is InChI=1S/C16H14BrNO5/c1-10-3-5-12(8-14(10)18(20)21)16(19)23-9-11-4-6-15(22-2)13(17)7-11/h3-8H,9H2,1-2H3. The topological polar surface area (TPSA) is 78.7 Å². The highest BCUT2D eigenvalue weighted by Crippen LogP contribution is 2.26. The number of nitro groups is 1. The Labute approximate surface area is 141 Å². The number of hydrogen-bond acceptors (Lipinski definition) is 5. The minimum Gasteiger partial charge on any atom is -0.496 e. The highest BCUT2D eigenvalue weighted by atomic mass is 79.9. The lowest BCUT2D eigenvalue weighted by atomic mass is 10.1. The molecule has 120 valence electrons. The minimum absolute atomic E-state index is 0.0586. The van der Waals surface area contributed by atoms with Crippen LogP contribution in [-0.4, -0.2) is 18.0 Å². The molecule has 6 nitrogen and oxygen atoms in total. The van der Waals surface area contributed by atoms with Gasteiger partial charge in [-0.2, -0.15) is 0 Å². The smallest absolute Gasteiger partial charge is 0.338 e. The maximum atomic E-state index is 12.0. The summed E-state index contributed by atoms with van der Waals surface area (Å²) in [5.74, 6) is 0.0641. The zero-order valence-corrected chi connectivity index (χ0v) is 14.1. The van der Waals surface area contributed by atoms with E-state index < -0.39 is 10.9 Å². The van der Waals surface area contributed by atoms with Gasteiger partial charge < -0.3 is 9.47 Å². The van der Waals surface area contributed by atoms with Gasteiger partial charge in [0.15, 0.2) is 0 Å². The van der Waals surface area contributed by atoms with Gasteiger partial charge in [0.1, 0.15) is 12.4 Å². The van der Waals surface area contributed by atoms with Gasteiger partial charge >= 0.3 is 5.97 Å². The molecule has 23 heavy (non-hydrogen) atoms. The van der Waals surface area contributed by atoms with Crippen molar-refractivity contribution in [1.29, 1.82) is 0 Å². The van der Waals surface area contributed by atoms with Crippen molar-refractivity contribution in [1.82, 2.24) is 0 Å². The second-order valence-electron chi connectivity index (χ2n) is 4.80. The Morgan fingerprint density at radius 3 is 2.61 bits per heavy atom. The van der Waals surface area contributed by atoms with Crippen LogP contribution >= 0.6 is 15.9 Å². The van der Waals surface area contributed by atoms with E-state index in [-0.39, 0.29) is 17.9 Å². The van der Waals surface area contributed by atoms with Crippen molar-refractivity contribution in [2.75, 3.05) is 7.11 Å². The summed E-state index contributed by atoms with van der Waals surface area (Å²) in [6.07, 6.45) is 0. The van der Waals surface area contributed by atoms with Crippen LogP contribution < -0.4 is 4.74 Å². The first-order valence-corrected chi connectivity index (χ1v) is 7.46. The fourth-order valence-electron chi connectivity index (χ4n) is 1.96. The largest absolute Gasteiger partial charge is 0.496 e. The van der Waals surface area contributed by atoms with E-state index >= 15 is 0 Å². The molecule has 0 heterocycles. The van der Waals surface area contributed by atoms with Gasteiger partial charge in [-0.1, -0.05) is 12.1 Å². The summed E-state index contributed by atoms with van der Waals surface area (Å²) in [6.45, 7) is 1.67. The minimum atomic E-state index is -0.611. The van der Waals surface area contributed by atoms with E-state index in [4.69, 9.17) is 9.47 Å². The Morgan fingerprint density at radius 2 is 2.00 bits per heavy atom. The second-order valence-corrected chi connectivity index (χ2v) is 5.66. The van der Waals surface area contributed by atoms with Crippen molar-refractivity contribution in [3.05, 3.63) is 67.7 Å². The van der Waals surface area contributed by atoms with E-state index in [1.54, 1.807) is 32.2 Å². The average molecular weight is 380 g/mol. The summed E-state index contributed by atoms with van der Waals surface area (Å²) in [4.78, 5) is 22.4. The van der Waals surface area contributed by atoms with Crippen LogP contribution in [0.2, 0.25) is 0 Å². The number of nitro benzene ring substituents is 1. The molecule has 7 heteroatoms. The molecule has 0 bridgehead atoms. The van der Waals surface area contributed by atoms with Gasteiger partial charge in [-0.25, -0.2) is 4.79 Å². The van der Waals surface area contributed by atoms with Gasteiger partial charge in [0.2, 0.25) is 0 Å². The first kappa shape index (κ1) is 17.0. The number of carbonyl (C=O) groups excluding carboxylic acids is 1. The highest BCUT2D eigenvalue weighted by Gasteiger charge is 2.16. The maximum absolute atomic E-state index is 12.0. The fourth-order valence-corrected chi connectivity index (χ4v) is 2.55. The third-order valence-corrected chi connectivity index (χ3v) is 3.85. The first-order chi connectivity index (χ1) is 10.9. The zero-order valence-electron chi connectivity index (χ0n) is 12.5. The van der Waals surface area contributed by atoms with E-state index in [0.717, 1.165) is 10.0 Å². The molecule has 0 radical (unpaired) electrons. The van der Waals surface area contributed by atoms with E-state index in [2.05, 4.69) is 15.9 Å². The summed E-state index contributed by atoms with van der Waals surface area (Å²) in [7, 11) is 1.56. The molecule has 0 saturated heterocycles. The number of hydrogen-bond donors (Lipinski definition) is 0. The van der Waals surface area contributed by atoms with E-state index in [9.17, 15) is 14.9 Å². The summed E-state index contributed by atoms with van der Waals surface area (Å²) < 4.78 is 11.1. The molecule has 2 aromatic rings. The van der Waals surface area contributed by atoms with Crippen LogP contribution in [0.15, 0.2) is 40.9 Å². The lowest BCUT2D eigenvalue weighted by Crippen LogP contribution is -2.06. The number of carbonyl (C=O) groups is 1. The molecule has 0 saturated carbocycles. The van der Waals surface area contributed by atoms with E-state index in [1.165, 1.54) is 18.2 Å². The number of benzene rings is 2. The van der Waals surface area contributed by atoms with Crippen molar-refractivity contribution >= 4 is 27.6 Å². The molecule has 0 amide bonds. The Kier molecular flexibility index (Phi) is 5.33. The number of methoxy groups -OCH3 is 1. The van der Waals surface area contributed by atoms with Gasteiger partial charge in [0, 0.05) is 11.6 Å². The van der Waals surface area contributed by atoms with Crippen LogP contribution in [0.4, 0.5) is 5.69 Å². The van der Waals surface area contributed by atoms with Crippen LogP contribution in [0, 0.1) is 17.0 Å². The maximum Gasteiger partial charge on any atom is 0.338 e. The molecule has 0 aliphatic carbocycles. The van der Waals surface area contributed by atoms with Gasteiger partial charge in [-0.3, -0.25) is 10.1 Å². The lowest BCUT2D eigenvalue weighted by molar-refractivity contribution is -0.385. The molecule has 0 aliphatic rings. The summed E-state index contributed by atoms with van der Waals surface area (Å²) >= 11 is 3.35. The highest BCUT2D eigenvalue weighted by molar-refractivity contribution is 9.10. The molecular weight excluding hydrogens is 366 g/mol. The van der Waals surface area contributed by atoms with E-state index in [1.807, 2.05) is 0 Å². The van der Waals surface area contributed by atoms with Crippen molar-refractivity contribution in [2.24, 2.45) is 0 Å². The molecule has 0 aliphatic heterocycles. The van der Waals surface area contributed by atoms with Crippen molar-refractivity contribution in [3.63, 3.8) is 0 Å². The number of halogens is 1. The van der Waals surface area contributed by atoms with Gasteiger partial charge in [-0.15, -0.1) is 0 Å². The van der Waals surface area contributed by atoms with Crippen LogP contribution in [0.5, 0.6) is 5.75 Å². The van der Waals surface area contributed by atoms with Crippen LogP contribution in [0.3, 0.4) is 0 Å². The Balaban J connectivity index is 2.09. The van der Waals surface area contributed by atoms with Crippen LogP contribution in [-0.2, 0) is 11.3 Å². The predicted molar refractivity (Wildman–Crippen MR) is 87.6 cm³/mol. The first-order valence-electron chi connectivity index (χ1n) is 6.67. The predicted octanol–water partition coefficient (Wildman–Crippen LogP) is 4.03. The third-order valence-electron chi connectivity index (χ3n) is 3.23. The summed E-state index contributed by atoms with van der Waals surface area (Å²) in [5.41, 5.74) is 1.31. The number of aryl methyl sites for hydroxylation is 1. The zero-order chi connectivity index (χ0) is 17.0. The van der Waals surface area contributed by atoms with Crippen molar-refractivity contribution in [3.8, 4) is 5.75 Å². The Bertz CT molecular complexity index is 760. The number of rotatable bonds is 5. The number of esters is 1. The van der Waals surface area contributed by atoms with Gasteiger partial charge in [0.05, 0.1) is 22.1 Å². The molecule has 0 fully saturated rings. The van der Waals surface area contributed by atoms with Gasteiger partial charge in [0.25, 0.3) is 5.69 Å². The summed E-state index contributed by atoms with van der Waals surface area (Å²) in [5, 5.41) is 10.9. The Morgan fingerprint density at radius 1 is 1.26 bits per heavy atom. The molecular formula is C16H14BrNO5. The average Bonchev–Trinajstić information content (AvgIpc) is 2.52. The van der Waals surface area contributed by atoms with Crippen LogP contribution in [0.1, 0.15) is 21.5 Å². The monoisotopic (exact) mass is 379 g/mol. The summed E-state index contributed by atoms with van der Waals surface area (Å²) in [6, 6.07) is 9.57. The molecule has 0 spiro atoms. The van der Waals surface area contributed by atoms with Crippen molar-refractivity contribution in [2.45, 2.75) is 13.5 Å². The van der Waals surface area contributed by atoms with Gasteiger partial charge in [-0.05, 0) is 46.6 Å². The molecule has 0 unspecified atom stereocenters. The fraction of sp³-hybridized carbons (Fsp3) is 0.188. The third kappa shape index (κ3) is 4.07. The second kappa shape index (κ2) is 7.23. The van der Waals surface area contributed by atoms with E-state index in [0.29, 0.717) is 11.3 Å². The Hall–Kier alpha value is -2.41. The molecule has 0 N–H and O–H groups in total. The molecule has 0 atom stereocenters. The molecule has 2 aromatic carbocycles. The SMILES string of the molecule is COc1ccc(COC(=O)c2ccc(C)c([N+](=O)[O-])c2)cc1Br. The van der Waals surface area contributed by atoms with Crippen molar-refractivity contribution < 1.29 is 19.2 Å². The lowest BCUT2D eigenvalue weighted by Gasteiger charge is -2.08. The van der Waals surface area contributed by atoms with Crippen LogP contribution in [0.25, 0.3) is 0 Å². The quantitative estimate of drug-likeness (QED) is 0.445. The molecule has 0 aromatic heterocycles. The molecule has 2 rings (SSSR count).